The largest absolute Gasteiger partial charge is 0.343 e. The minimum atomic E-state index is -0.452. The number of hydrogen-bond donors (Lipinski definition) is 2. The third-order valence-corrected chi connectivity index (χ3v) is 8.29. The lowest BCUT2D eigenvalue weighted by Crippen LogP contribution is -2.37. The fourth-order valence-electron chi connectivity index (χ4n) is 5.85. The third kappa shape index (κ3) is 7.97. The Morgan fingerprint density at radius 2 is 1.07 bits per heavy atom. The Morgan fingerprint density at radius 1 is 0.609 bits per heavy atom. The molecule has 11 nitrogen and oxygen atoms in total. The predicted molar refractivity (Wildman–Crippen MR) is 180 cm³/mol. The van der Waals surface area contributed by atoms with E-state index < -0.39 is 11.4 Å². The fraction of sp³-hybridized carbons (Fsp3) is 0.343. The number of nitrogens with one attached hydrogen (secondary N) is 2. The Bertz CT molecular complexity index is 2030. The van der Waals surface area contributed by atoms with Crippen molar-refractivity contribution in [3.8, 4) is 0 Å². The van der Waals surface area contributed by atoms with Crippen LogP contribution < -0.4 is 22.5 Å². The Labute approximate surface area is 265 Å². The standard InChI is InChI=1S/C35H40N6O5/c1-26(42)39(22-12-24-41-33(44)29-16-6-8-18-31(29)37-35(41)46)21-10-9-19-38(25-27-13-3-2-4-14-27)20-11-23-40-32(43)28-15-5-7-17-30(28)36-34(40)45/h2-8,13-18H,9-12,19-25H2,1H3,(H,36,45)(H,37,46). The summed E-state index contributed by atoms with van der Waals surface area (Å²) in [6.45, 7) is 5.28. The highest BCUT2D eigenvalue weighted by atomic mass is 16.2. The lowest BCUT2D eigenvalue weighted by molar-refractivity contribution is -0.129. The maximum Gasteiger partial charge on any atom is 0.328 e. The van der Waals surface area contributed by atoms with E-state index in [1.54, 1.807) is 53.4 Å². The molecule has 2 aromatic heterocycles. The summed E-state index contributed by atoms with van der Waals surface area (Å²) < 4.78 is 2.47. The first-order chi connectivity index (χ1) is 22.3. The molecule has 0 saturated heterocycles. The van der Waals surface area contributed by atoms with Crippen LogP contribution >= 0.6 is 0 Å². The molecule has 0 aliphatic heterocycles. The summed E-state index contributed by atoms with van der Waals surface area (Å²) in [6.07, 6.45) is 2.73. The van der Waals surface area contributed by atoms with E-state index in [0.717, 1.165) is 25.9 Å². The number of unbranched alkanes of at least 4 members (excludes halogenated alkanes) is 1. The van der Waals surface area contributed by atoms with Gasteiger partial charge < -0.3 is 14.9 Å². The number of rotatable bonds is 15. The molecule has 3 aromatic carbocycles. The molecule has 0 bridgehead atoms. The predicted octanol–water partition coefficient (Wildman–Crippen LogP) is 3.30. The third-order valence-electron chi connectivity index (χ3n) is 8.29. The van der Waals surface area contributed by atoms with Crippen molar-refractivity contribution in [3.05, 3.63) is 126 Å². The normalized spacial score (nSPS) is 11.4. The minimum absolute atomic E-state index is 0.0491. The number of aromatic amines is 2. The Balaban J connectivity index is 1.15. The van der Waals surface area contributed by atoms with Crippen molar-refractivity contribution in [2.24, 2.45) is 0 Å². The van der Waals surface area contributed by atoms with E-state index in [4.69, 9.17) is 0 Å². The van der Waals surface area contributed by atoms with E-state index in [1.165, 1.54) is 21.6 Å². The summed E-state index contributed by atoms with van der Waals surface area (Å²) in [6, 6.07) is 24.1. The molecule has 0 fully saturated rings. The van der Waals surface area contributed by atoms with E-state index in [2.05, 4.69) is 27.0 Å². The maximum absolute atomic E-state index is 13.0. The summed E-state index contributed by atoms with van der Waals surface area (Å²) >= 11 is 0. The van der Waals surface area contributed by atoms with Crippen LogP contribution in [-0.2, 0) is 24.4 Å². The summed E-state index contributed by atoms with van der Waals surface area (Å²) in [5, 5.41) is 0.955. The number of H-pyrrole nitrogens is 2. The quantitative estimate of drug-likeness (QED) is 0.172. The van der Waals surface area contributed by atoms with Crippen LogP contribution in [0.5, 0.6) is 0 Å². The molecular formula is C35H40N6O5. The molecule has 2 N–H and O–H groups in total. The molecule has 11 heteroatoms. The molecule has 0 saturated carbocycles. The number of aromatic nitrogens is 4. The van der Waals surface area contributed by atoms with Crippen LogP contribution in [0.3, 0.4) is 0 Å². The lowest BCUT2D eigenvalue weighted by Gasteiger charge is -2.24. The minimum Gasteiger partial charge on any atom is -0.343 e. The van der Waals surface area contributed by atoms with Crippen molar-refractivity contribution < 1.29 is 4.79 Å². The van der Waals surface area contributed by atoms with Gasteiger partial charge in [0, 0.05) is 46.2 Å². The topological polar surface area (TPSA) is 133 Å². The molecule has 46 heavy (non-hydrogen) atoms. The van der Waals surface area contributed by atoms with E-state index in [-0.39, 0.29) is 23.6 Å². The van der Waals surface area contributed by atoms with Crippen LogP contribution in [0.4, 0.5) is 0 Å². The highest BCUT2D eigenvalue weighted by Crippen LogP contribution is 2.09. The van der Waals surface area contributed by atoms with Gasteiger partial charge in [0.1, 0.15) is 0 Å². The fourth-order valence-corrected chi connectivity index (χ4v) is 5.85. The van der Waals surface area contributed by atoms with Gasteiger partial charge in [0.05, 0.1) is 21.8 Å². The molecule has 0 aliphatic rings. The molecule has 2 heterocycles. The van der Waals surface area contributed by atoms with Gasteiger partial charge in [-0.25, -0.2) is 9.59 Å². The zero-order chi connectivity index (χ0) is 32.5. The van der Waals surface area contributed by atoms with Gasteiger partial charge in [-0.1, -0.05) is 54.6 Å². The van der Waals surface area contributed by atoms with Gasteiger partial charge in [0.25, 0.3) is 11.1 Å². The number of amides is 1. The Hall–Kier alpha value is -5.03. The average Bonchev–Trinajstić information content (AvgIpc) is 3.05. The zero-order valence-corrected chi connectivity index (χ0v) is 26.1. The maximum atomic E-state index is 13.0. The van der Waals surface area contributed by atoms with Crippen molar-refractivity contribution in [2.75, 3.05) is 26.2 Å². The molecule has 5 aromatic rings. The van der Waals surface area contributed by atoms with Crippen LogP contribution in [0.1, 0.15) is 38.2 Å². The second-order valence-electron chi connectivity index (χ2n) is 11.5. The molecule has 0 spiro atoms. The first kappa shape index (κ1) is 32.4. The van der Waals surface area contributed by atoms with Crippen LogP contribution in [0.25, 0.3) is 21.8 Å². The number of nitrogens with zero attached hydrogens (tertiary/aromatic N) is 4. The van der Waals surface area contributed by atoms with Gasteiger partial charge >= 0.3 is 11.4 Å². The molecular weight excluding hydrogens is 584 g/mol. The monoisotopic (exact) mass is 624 g/mol. The number of carbonyl (C=O) groups excluding carboxylic acids is 1. The number of para-hydroxylation sites is 2. The van der Waals surface area contributed by atoms with Crippen molar-refractivity contribution in [3.63, 3.8) is 0 Å². The summed E-state index contributed by atoms with van der Waals surface area (Å²) in [5.74, 6) is -0.0491. The second kappa shape index (κ2) is 15.3. The van der Waals surface area contributed by atoms with Crippen LogP contribution in [-0.4, -0.2) is 61.0 Å². The van der Waals surface area contributed by atoms with Crippen LogP contribution in [0.15, 0.2) is 98.0 Å². The van der Waals surface area contributed by atoms with E-state index in [1.807, 2.05) is 18.2 Å². The van der Waals surface area contributed by atoms with E-state index >= 15 is 0 Å². The van der Waals surface area contributed by atoms with Gasteiger partial charge in [-0.05, 0) is 62.1 Å². The van der Waals surface area contributed by atoms with Gasteiger partial charge in [-0.3, -0.25) is 28.4 Å². The summed E-state index contributed by atoms with van der Waals surface area (Å²) in [4.78, 5) is 72.9. The second-order valence-corrected chi connectivity index (χ2v) is 11.5. The Kier molecular flexibility index (Phi) is 10.8. The molecule has 0 atom stereocenters. The summed E-state index contributed by atoms with van der Waals surface area (Å²) in [5.41, 5.74) is 0.750. The highest BCUT2D eigenvalue weighted by Gasteiger charge is 2.13. The molecule has 0 aliphatic carbocycles. The van der Waals surface area contributed by atoms with Crippen LogP contribution in [0, 0.1) is 0 Å². The Morgan fingerprint density at radius 3 is 1.63 bits per heavy atom. The zero-order valence-electron chi connectivity index (χ0n) is 26.1. The number of carbonyl (C=O) groups is 1. The first-order valence-electron chi connectivity index (χ1n) is 15.8. The van der Waals surface area contributed by atoms with Crippen molar-refractivity contribution in [1.29, 1.82) is 0 Å². The molecule has 0 unspecified atom stereocenters. The molecule has 1 amide bonds. The van der Waals surface area contributed by atoms with Crippen molar-refractivity contribution in [2.45, 2.75) is 52.2 Å². The van der Waals surface area contributed by atoms with Crippen molar-refractivity contribution >= 4 is 27.7 Å². The molecule has 240 valence electrons. The number of benzene rings is 3. The van der Waals surface area contributed by atoms with Gasteiger partial charge in [-0.15, -0.1) is 0 Å². The molecule has 0 radical (unpaired) electrons. The first-order valence-corrected chi connectivity index (χ1v) is 15.8. The SMILES string of the molecule is CC(=O)N(CCCCN(CCCn1c(=O)[nH]c2ccccc2c1=O)Cc1ccccc1)CCCn1c(=O)[nH]c2ccccc2c1=O. The molecule has 5 rings (SSSR count). The summed E-state index contributed by atoms with van der Waals surface area (Å²) in [7, 11) is 0. The average molecular weight is 625 g/mol. The van der Waals surface area contributed by atoms with E-state index in [0.29, 0.717) is 60.8 Å². The van der Waals surface area contributed by atoms with Gasteiger partial charge in [-0.2, -0.15) is 0 Å². The van der Waals surface area contributed by atoms with Crippen molar-refractivity contribution in [1.82, 2.24) is 28.9 Å². The number of hydrogen-bond acceptors (Lipinski definition) is 6. The van der Waals surface area contributed by atoms with Crippen LogP contribution in [0.2, 0.25) is 0 Å². The number of fused-ring (bicyclic) bond motifs is 2. The smallest absolute Gasteiger partial charge is 0.328 e. The van der Waals surface area contributed by atoms with Gasteiger partial charge in [0.2, 0.25) is 5.91 Å². The lowest BCUT2D eigenvalue weighted by atomic mass is 10.2. The van der Waals surface area contributed by atoms with Gasteiger partial charge in [0.15, 0.2) is 0 Å². The highest BCUT2D eigenvalue weighted by molar-refractivity contribution is 5.77. The van der Waals surface area contributed by atoms with E-state index in [9.17, 15) is 24.0 Å².